The number of rotatable bonds is 2. The minimum Gasteiger partial charge on any atom is -0.542 e. The topological polar surface area (TPSA) is 57.2 Å². The van der Waals surface area contributed by atoms with Crippen LogP contribution < -0.4 is 56.5 Å². The van der Waals surface area contributed by atoms with Crippen LogP contribution in [0.2, 0.25) is 0 Å². The van der Waals surface area contributed by atoms with Crippen LogP contribution in [0.4, 0.5) is 0 Å². The molecule has 44 valence electrons. The molecular formula is C5H5KO3. The van der Waals surface area contributed by atoms with E-state index in [1.54, 1.807) is 0 Å². The van der Waals surface area contributed by atoms with E-state index >= 15 is 0 Å². The molecule has 1 aliphatic rings. The average molecular weight is 156 g/mol. The molecule has 3 nitrogen and oxygen atoms in total. The summed E-state index contributed by atoms with van der Waals surface area (Å²) >= 11 is 0. The van der Waals surface area contributed by atoms with Crippen LogP contribution in [0.3, 0.4) is 0 Å². The Bertz CT molecular complexity index is 251. The maximum absolute atomic E-state index is 10.6. The number of carbonyl (C=O) groups excluding carboxylic acids is 2. The Hall–Kier alpha value is 0.776. The van der Waals surface area contributed by atoms with Crippen molar-refractivity contribution in [2.75, 3.05) is 0 Å². The smallest absolute Gasteiger partial charge is 0.542 e. The van der Waals surface area contributed by atoms with Crippen LogP contribution >= 0.6 is 0 Å². The summed E-state index contributed by atoms with van der Waals surface area (Å²) in [7, 11) is 0. The molecule has 1 saturated carbocycles. The monoisotopic (exact) mass is 156 g/mol. The van der Waals surface area contributed by atoms with Crippen LogP contribution in [0.5, 0.6) is 0 Å². The van der Waals surface area contributed by atoms with Crippen LogP contribution in [0.1, 0.15) is 18.2 Å². The Morgan fingerprint density at radius 2 is 2.00 bits per heavy atom. The molecule has 0 N–H and O–H groups in total. The first-order valence-corrected chi connectivity index (χ1v) is 1.98. The van der Waals surface area contributed by atoms with Gasteiger partial charge in [0.25, 0.3) is 0 Å². The molecule has 0 heterocycles. The van der Waals surface area contributed by atoms with Crippen molar-refractivity contribution in [2.24, 2.45) is 5.92 Å². The van der Waals surface area contributed by atoms with Crippen molar-refractivity contribution in [1.82, 2.24) is 0 Å². The Balaban J connectivity index is 0.00000144. The number of hydrogen-bond donors (Lipinski definition) is 0. The Morgan fingerprint density at radius 3 is 2.11 bits per heavy atom. The quantitative estimate of drug-likeness (QED) is 0.300. The van der Waals surface area contributed by atoms with Gasteiger partial charge >= 0.3 is 51.4 Å². The standard InChI is InChI=1S/C5H6O3.K/c6-4(5(7)8)3-1-2-3;/h3H,1-2H2,(H,7,8);/q;+1/p-1/i1D2,2D2;. The van der Waals surface area contributed by atoms with Gasteiger partial charge in [-0.25, -0.2) is 0 Å². The summed E-state index contributed by atoms with van der Waals surface area (Å²) in [4.78, 5) is 20.6. The van der Waals surface area contributed by atoms with Crippen LogP contribution in [0.25, 0.3) is 0 Å². The van der Waals surface area contributed by atoms with E-state index in [2.05, 4.69) is 0 Å². The van der Waals surface area contributed by atoms with Gasteiger partial charge in [0.15, 0.2) is 5.78 Å². The fraction of sp³-hybridized carbons (Fsp3) is 0.600. The number of carboxylic acid groups (broad SMARTS) is 1. The number of hydrogen-bond acceptors (Lipinski definition) is 3. The largest absolute Gasteiger partial charge is 1.00 e. The van der Waals surface area contributed by atoms with E-state index in [0.29, 0.717) is 0 Å². The minimum absolute atomic E-state index is 0. The van der Waals surface area contributed by atoms with Crippen molar-refractivity contribution in [3.05, 3.63) is 0 Å². The maximum Gasteiger partial charge on any atom is 1.00 e. The SMILES string of the molecule is [2H]C1([2H])C(C(=O)C(=O)[O-])C1([2H])[2H].[K+]. The second-order valence-electron chi connectivity index (χ2n) is 1.37. The second-order valence-corrected chi connectivity index (χ2v) is 1.37. The first-order chi connectivity index (χ1) is 5.23. The average Bonchev–Trinajstić information content (AvgIpc) is 2.23. The molecular weight excluding hydrogens is 147 g/mol. The van der Waals surface area contributed by atoms with Gasteiger partial charge in [0.1, 0.15) is 5.97 Å². The normalized spacial score (nSPS) is 33.8. The Labute approximate surface area is 101 Å². The first-order valence-electron chi connectivity index (χ1n) is 3.98. The van der Waals surface area contributed by atoms with E-state index < -0.39 is 30.4 Å². The van der Waals surface area contributed by atoms with Crippen LogP contribution in [0, 0.1) is 5.92 Å². The molecule has 4 heteroatoms. The minimum atomic E-state index is -2.37. The van der Waals surface area contributed by atoms with Gasteiger partial charge in [0, 0.05) is 11.4 Å². The van der Waals surface area contributed by atoms with Crippen molar-refractivity contribution in [2.45, 2.75) is 12.7 Å². The number of aliphatic carboxylic acids is 1. The summed E-state index contributed by atoms with van der Waals surface area (Å²) in [6.07, 6.45) is -4.74. The molecule has 0 radical (unpaired) electrons. The summed E-state index contributed by atoms with van der Waals surface area (Å²) in [5.41, 5.74) is 0. The van der Waals surface area contributed by atoms with E-state index in [9.17, 15) is 14.7 Å². The zero-order chi connectivity index (χ0) is 9.73. The van der Waals surface area contributed by atoms with E-state index in [1.807, 2.05) is 0 Å². The zero-order valence-corrected chi connectivity index (χ0v) is 7.93. The van der Waals surface area contributed by atoms with Crippen molar-refractivity contribution >= 4 is 11.8 Å². The Kier molecular flexibility index (Phi) is 1.96. The van der Waals surface area contributed by atoms with Gasteiger partial charge in [0.2, 0.25) is 0 Å². The molecule has 0 aromatic heterocycles. The molecule has 0 atom stereocenters. The van der Waals surface area contributed by atoms with Gasteiger partial charge in [-0.15, -0.1) is 0 Å². The molecule has 0 aromatic carbocycles. The van der Waals surface area contributed by atoms with Gasteiger partial charge in [-0.1, -0.05) is 0 Å². The van der Waals surface area contributed by atoms with E-state index in [0.717, 1.165) is 0 Å². The zero-order valence-electron chi connectivity index (χ0n) is 8.80. The maximum atomic E-state index is 10.6. The molecule has 9 heavy (non-hydrogen) atoms. The summed E-state index contributed by atoms with van der Waals surface area (Å²) in [5, 5.41) is 9.96. The van der Waals surface area contributed by atoms with E-state index in [4.69, 9.17) is 5.48 Å². The number of ketones is 1. The van der Waals surface area contributed by atoms with Crippen molar-refractivity contribution in [1.29, 1.82) is 0 Å². The number of carboxylic acids is 1. The third kappa shape index (κ3) is 2.91. The van der Waals surface area contributed by atoms with Crippen molar-refractivity contribution in [3.63, 3.8) is 0 Å². The first kappa shape index (κ1) is 4.61. The molecule has 0 bridgehead atoms. The third-order valence-electron chi connectivity index (χ3n) is 0.752. The third-order valence-corrected chi connectivity index (χ3v) is 0.752. The van der Waals surface area contributed by atoms with Gasteiger partial charge < -0.3 is 9.90 Å². The predicted molar refractivity (Wildman–Crippen MR) is 22.7 cm³/mol. The summed E-state index contributed by atoms with van der Waals surface area (Å²) in [6.45, 7) is 0. The summed E-state index contributed by atoms with van der Waals surface area (Å²) in [6, 6.07) is 0. The summed E-state index contributed by atoms with van der Waals surface area (Å²) in [5.74, 6) is -5.26. The van der Waals surface area contributed by atoms with Gasteiger partial charge in [-0.2, -0.15) is 0 Å². The molecule has 0 saturated heterocycles. The van der Waals surface area contributed by atoms with Crippen LogP contribution in [-0.2, 0) is 9.59 Å². The molecule has 0 aromatic rings. The van der Waals surface area contributed by atoms with Crippen molar-refractivity contribution < 1.29 is 71.6 Å². The van der Waals surface area contributed by atoms with Crippen molar-refractivity contribution in [3.8, 4) is 0 Å². The predicted octanol–water partition coefficient (Wildman–Crippen LogP) is -4.28. The molecule has 0 aliphatic heterocycles. The molecule has 0 unspecified atom stereocenters. The van der Waals surface area contributed by atoms with E-state index in [1.165, 1.54) is 0 Å². The van der Waals surface area contributed by atoms with E-state index in [-0.39, 0.29) is 51.4 Å². The molecule has 0 spiro atoms. The van der Waals surface area contributed by atoms with Crippen LogP contribution in [0.15, 0.2) is 0 Å². The van der Waals surface area contributed by atoms with Gasteiger partial charge in [-0.05, 0) is 12.7 Å². The fourth-order valence-corrected chi connectivity index (χ4v) is 0.291. The molecule has 0 amide bonds. The molecule has 1 rings (SSSR count). The molecule has 1 fully saturated rings. The van der Waals surface area contributed by atoms with Gasteiger partial charge in [-0.3, -0.25) is 4.79 Å². The Morgan fingerprint density at radius 1 is 1.56 bits per heavy atom. The fourth-order valence-electron chi connectivity index (χ4n) is 0.291. The molecule has 1 aliphatic carbocycles. The van der Waals surface area contributed by atoms with Crippen LogP contribution in [-0.4, -0.2) is 11.8 Å². The number of carbonyl (C=O) groups is 2. The second kappa shape index (κ2) is 3.83. The number of Topliss-reactive ketones (excluding diaryl/α,β-unsaturated/α-hetero) is 1. The summed E-state index contributed by atoms with van der Waals surface area (Å²) < 4.78 is 27.6. The van der Waals surface area contributed by atoms with Gasteiger partial charge in [0.05, 0.1) is 0 Å².